The molecule has 2 fully saturated rings. The topological polar surface area (TPSA) is 111 Å². The summed E-state index contributed by atoms with van der Waals surface area (Å²) in [6.07, 6.45) is 4.20. The van der Waals surface area contributed by atoms with Gasteiger partial charge in [0.05, 0.1) is 54.3 Å². The van der Waals surface area contributed by atoms with E-state index in [2.05, 4.69) is 4.90 Å². The van der Waals surface area contributed by atoms with E-state index in [4.69, 9.17) is 37.9 Å². The summed E-state index contributed by atoms with van der Waals surface area (Å²) in [6.45, 7) is 0. The molecule has 222 valence electrons. The number of nitrogens with zero attached hydrogens (tertiary/aromatic N) is 1. The lowest BCUT2D eigenvalue weighted by molar-refractivity contribution is -0.144. The zero-order valence-electron chi connectivity index (χ0n) is 24.4. The van der Waals surface area contributed by atoms with Crippen LogP contribution >= 0.6 is 0 Å². The molecule has 0 unspecified atom stereocenters. The summed E-state index contributed by atoms with van der Waals surface area (Å²) in [5.74, 6) is 1.62. The van der Waals surface area contributed by atoms with Gasteiger partial charge in [-0.25, -0.2) is 9.59 Å². The molecule has 0 aromatic heterocycles. The Labute approximate surface area is 239 Å². The number of carbonyl (C=O) groups excluding carboxylic acids is 2. The molecule has 2 saturated heterocycles. The van der Waals surface area contributed by atoms with Crippen molar-refractivity contribution in [3.8, 4) is 34.5 Å². The first-order valence-electron chi connectivity index (χ1n) is 13.2. The van der Waals surface area contributed by atoms with E-state index in [9.17, 15) is 9.59 Å². The normalized spacial score (nSPS) is 21.7. The number of hydrogen-bond acceptors (Lipinski definition) is 11. The summed E-state index contributed by atoms with van der Waals surface area (Å²) >= 11 is 0. The summed E-state index contributed by atoms with van der Waals surface area (Å²) in [5.41, 5.74) is 0.989. The summed E-state index contributed by atoms with van der Waals surface area (Å²) in [5, 5.41) is 0. The molecule has 41 heavy (non-hydrogen) atoms. The second kappa shape index (κ2) is 13.0. The van der Waals surface area contributed by atoms with Crippen molar-refractivity contribution in [3.05, 3.63) is 41.5 Å². The minimum atomic E-state index is -0.486. The van der Waals surface area contributed by atoms with E-state index in [1.807, 2.05) is 7.05 Å². The minimum absolute atomic E-state index is 0.0787. The first kappa shape index (κ1) is 29.9. The first-order chi connectivity index (χ1) is 19.8. The van der Waals surface area contributed by atoms with E-state index in [1.54, 1.807) is 30.3 Å². The standard InChI is InChI=1S/C30H37NO10/c1-31-19-14-20(40-30(33)18-12-25(36-4)29(39-7)26(13-18)37-5)16-21(31)22(15-19)41-27(32)9-8-17-10-23(34-2)28(38-6)24(11-17)35-3/h8-13,19-22H,14-16H2,1-7H3/b9-8-/t19-,20-,21+,22-/m0/s1. The van der Waals surface area contributed by atoms with E-state index in [0.717, 1.165) is 0 Å². The number of piperidine rings is 1. The molecular weight excluding hydrogens is 534 g/mol. The molecule has 11 heteroatoms. The van der Waals surface area contributed by atoms with Crippen LogP contribution < -0.4 is 28.4 Å². The number of rotatable bonds is 11. The second-order valence-electron chi connectivity index (χ2n) is 9.80. The van der Waals surface area contributed by atoms with Crippen molar-refractivity contribution in [1.82, 2.24) is 4.90 Å². The number of fused-ring (bicyclic) bond motifs is 2. The molecule has 2 aromatic carbocycles. The van der Waals surface area contributed by atoms with Gasteiger partial charge < -0.3 is 37.9 Å². The monoisotopic (exact) mass is 571 g/mol. The average molecular weight is 572 g/mol. The number of likely N-dealkylation sites (N-methyl/N-ethyl adjacent to an activating group) is 1. The molecule has 2 bridgehead atoms. The zero-order valence-corrected chi connectivity index (χ0v) is 24.4. The fourth-order valence-corrected chi connectivity index (χ4v) is 5.57. The lowest BCUT2D eigenvalue weighted by Crippen LogP contribution is -2.46. The van der Waals surface area contributed by atoms with Crippen LogP contribution in [0, 0.1) is 0 Å². The maximum absolute atomic E-state index is 13.1. The van der Waals surface area contributed by atoms with Gasteiger partial charge in [0.2, 0.25) is 11.5 Å². The van der Waals surface area contributed by atoms with Crippen molar-refractivity contribution >= 4 is 18.0 Å². The van der Waals surface area contributed by atoms with Crippen molar-refractivity contribution in [2.75, 3.05) is 49.7 Å². The molecular formula is C30H37NO10. The number of methoxy groups -OCH3 is 6. The number of benzene rings is 2. The van der Waals surface area contributed by atoms with Gasteiger partial charge >= 0.3 is 11.9 Å². The second-order valence-corrected chi connectivity index (χ2v) is 9.80. The highest BCUT2D eigenvalue weighted by Crippen LogP contribution is 2.41. The van der Waals surface area contributed by atoms with E-state index < -0.39 is 11.9 Å². The molecule has 0 N–H and O–H groups in total. The van der Waals surface area contributed by atoms with E-state index in [0.29, 0.717) is 64.9 Å². The predicted molar refractivity (Wildman–Crippen MR) is 150 cm³/mol. The van der Waals surface area contributed by atoms with E-state index in [-0.39, 0.29) is 24.3 Å². The Morgan fingerprint density at radius 1 is 0.732 bits per heavy atom. The summed E-state index contributed by atoms with van der Waals surface area (Å²) in [6, 6.07) is 6.66. The maximum Gasteiger partial charge on any atom is 0.338 e. The van der Waals surface area contributed by atoms with Crippen LogP contribution in [-0.2, 0) is 14.3 Å². The third-order valence-corrected chi connectivity index (χ3v) is 7.61. The highest BCUT2D eigenvalue weighted by Gasteiger charge is 2.47. The summed E-state index contributed by atoms with van der Waals surface area (Å²) < 4.78 is 43.9. The molecule has 4 rings (SSSR count). The van der Waals surface area contributed by atoms with Gasteiger partial charge in [-0.3, -0.25) is 4.90 Å². The van der Waals surface area contributed by atoms with Crippen LogP contribution in [0.5, 0.6) is 34.5 Å². The molecule has 0 radical (unpaired) electrons. The van der Waals surface area contributed by atoms with Crippen LogP contribution in [-0.4, -0.2) is 90.8 Å². The van der Waals surface area contributed by atoms with Crippen molar-refractivity contribution in [1.29, 1.82) is 0 Å². The van der Waals surface area contributed by atoms with Crippen LogP contribution in [0.2, 0.25) is 0 Å². The van der Waals surface area contributed by atoms with Gasteiger partial charge in [0.15, 0.2) is 23.0 Å². The van der Waals surface area contributed by atoms with Gasteiger partial charge in [0, 0.05) is 31.4 Å². The van der Waals surface area contributed by atoms with Crippen LogP contribution in [0.3, 0.4) is 0 Å². The number of esters is 2. The van der Waals surface area contributed by atoms with E-state index in [1.165, 1.54) is 48.7 Å². The highest BCUT2D eigenvalue weighted by molar-refractivity contribution is 5.91. The molecule has 11 nitrogen and oxygen atoms in total. The van der Waals surface area contributed by atoms with Crippen LogP contribution in [0.15, 0.2) is 30.3 Å². The van der Waals surface area contributed by atoms with Gasteiger partial charge in [0.1, 0.15) is 12.2 Å². The highest BCUT2D eigenvalue weighted by atomic mass is 16.6. The fourth-order valence-electron chi connectivity index (χ4n) is 5.57. The van der Waals surface area contributed by atoms with Gasteiger partial charge in [-0.2, -0.15) is 0 Å². The maximum atomic E-state index is 13.1. The Morgan fingerprint density at radius 3 is 1.78 bits per heavy atom. The Kier molecular flexibility index (Phi) is 9.49. The minimum Gasteiger partial charge on any atom is -0.493 e. The molecule has 2 aliphatic heterocycles. The number of hydrogen-bond donors (Lipinski definition) is 0. The lowest BCUT2D eigenvalue weighted by atomic mass is 10.00. The smallest absolute Gasteiger partial charge is 0.338 e. The van der Waals surface area contributed by atoms with Crippen LogP contribution in [0.1, 0.15) is 35.2 Å². The number of carbonyl (C=O) groups is 2. The molecule has 2 heterocycles. The van der Waals surface area contributed by atoms with Gasteiger partial charge in [-0.1, -0.05) is 0 Å². The first-order valence-corrected chi connectivity index (χ1v) is 13.2. The van der Waals surface area contributed by atoms with E-state index >= 15 is 0 Å². The van der Waals surface area contributed by atoms with Gasteiger partial charge in [-0.15, -0.1) is 0 Å². The third-order valence-electron chi connectivity index (χ3n) is 7.61. The van der Waals surface area contributed by atoms with Crippen molar-refractivity contribution < 1.29 is 47.5 Å². The largest absolute Gasteiger partial charge is 0.493 e. The van der Waals surface area contributed by atoms with Crippen LogP contribution in [0.25, 0.3) is 6.08 Å². The Hall–Kier alpha value is -4.12. The predicted octanol–water partition coefficient (Wildman–Crippen LogP) is 3.76. The summed E-state index contributed by atoms with van der Waals surface area (Å²) in [4.78, 5) is 28.0. The number of ether oxygens (including phenoxy) is 8. The molecule has 4 atom stereocenters. The van der Waals surface area contributed by atoms with Gasteiger partial charge in [-0.05, 0) is 43.0 Å². The lowest BCUT2D eigenvalue weighted by Gasteiger charge is -2.36. The zero-order chi connectivity index (χ0) is 29.7. The summed E-state index contributed by atoms with van der Waals surface area (Å²) in [7, 11) is 11.1. The molecule has 0 amide bonds. The third kappa shape index (κ3) is 6.30. The SMILES string of the molecule is COc1cc(/C=C\C(=O)O[C@H]2C[C@@H]3C[C@H](OC(=O)c4cc(OC)c(OC)c(OC)c4)C[C@H]2N3C)cc(OC)c1OC. The average Bonchev–Trinajstić information content (AvgIpc) is 3.14. The molecule has 0 spiro atoms. The Morgan fingerprint density at radius 2 is 1.27 bits per heavy atom. The Balaban J connectivity index is 1.40. The molecule has 2 aliphatic rings. The Bertz CT molecular complexity index is 1240. The molecule has 0 saturated carbocycles. The van der Waals surface area contributed by atoms with Crippen molar-refractivity contribution in [2.24, 2.45) is 0 Å². The molecule has 2 aromatic rings. The quantitative estimate of drug-likeness (QED) is 0.290. The van der Waals surface area contributed by atoms with Crippen LogP contribution in [0.4, 0.5) is 0 Å². The van der Waals surface area contributed by atoms with Crippen molar-refractivity contribution in [2.45, 2.75) is 43.6 Å². The van der Waals surface area contributed by atoms with Gasteiger partial charge in [0.25, 0.3) is 0 Å². The van der Waals surface area contributed by atoms with Crippen molar-refractivity contribution in [3.63, 3.8) is 0 Å². The fraction of sp³-hybridized carbons (Fsp3) is 0.467. The molecule has 0 aliphatic carbocycles.